The predicted octanol–water partition coefficient (Wildman–Crippen LogP) is 9.16. The van der Waals surface area contributed by atoms with Crippen molar-refractivity contribution in [2.24, 2.45) is 17.8 Å². The summed E-state index contributed by atoms with van der Waals surface area (Å²) in [6, 6.07) is 5.00. The Morgan fingerprint density at radius 3 is 2.18 bits per heavy atom. The number of benzene rings is 2. The van der Waals surface area contributed by atoms with Gasteiger partial charge in [0.05, 0.1) is 5.56 Å². The molecular formula is C27H30F6O. The highest BCUT2D eigenvalue weighted by atomic mass is 19.4. The van der Waals surface area contributed by atoms with Gasteiger partial charge in [0.25, 0.3) is 0 Å². The minimum Gasteiger partial charge on any atom is -0.403 e. The van der Waals surface area contributed by atoms with Crippen LogP contribution in [0.5, 0.6) is 5.75 Å². The Morgan fingerprint density at radius 2 is 1.53 bits per heavy atom. The normalized spacial score (nSPS) is 25.1. The van der Waals surface area contributed by atoms with Crippen molar-refractivity contribution >= 4 is 0 Å². The molecule has 0 bridgehead atoms. The smallest absolute Gasteiger partial charge is 0.403 e. The van der Waals surface area contributed by atoms with Crippen molar-refractivity contribution in [1.29, 1.82) is 0 Å². The molecule has 4 rings (SSSR count). The minimum absolute atomic E-state index is 0.0748. The van der Waals surface area contributed by atoms with Crippen LogP contribution in [0, 0.1) is 35.2 Å². The van der Waals surface area contributed by atoms with Crippen LogP contribution in [-0.4, -0.2) is 6.36 Å². The van der Waals surface area contributed by atoms with Crippen LogP contribution in [0.25, 0.3) is 11.1 Å². The lowest BCUT2D eigenvalue weighted by Crippen LogP contribution is -2.30. The van der Waals surface area contributed by atoms with E-state index >= 15 is 0 Å². The maximum atomic E-state index is 15.0. The second kappa shape index (κ2) is 10.2. The zero-order chi connectivity index (χ0) is 24.5. The van der Waals surface area contributed by atoms with Gasteiger partial charge in [-0.25, -0.2) is 13.2 Å². The van der Waals surface area contributed by atoms with E-state index in [1.807, 2.05) is 0 Å². The fourth-order valence-electron chi connectivity index (χ4n) is 6.01. The standard InChI is InChI=1S/C27H30F6O/c1-2-3-4-16-5-6-18-12-19(8-7-17(18)11-16)21-14-23(29)26(24(30)15-21)20-9-10-25(22(28)13-20)34-27(31,32)33/h9-10,13-19H,2-8,11-12H2,1H3/t16?,17-,18-,19-/m1/s1. The summed E-state index contributed by atoms with van der Waals surface area (Å²) in [5, 5.41) is 0. The zero-order valence-corrected chi connectivity index (χ0v) is 19.2. The topological polar surface area (TPSA) is 9.23 Å². The fraction of sp³-hybridized carbons (Fsp3) is 0.556. The fourth-order valence-corrected chi connectivity index (χ4v) is 6.01. The van der Waals surface area contributed by atoms with Gasteiger partial charge in [-0.05, 0) is 91.2 Å². The molecule has 0 N–H and O–H groups in total. The number of halogens is 6. The van der Waals surface area contributed by atoms with E-state index in [1.54, 1.807) is 0 Å². The number of unbranched alkanes of at least 4 members (excludes halogenated alkanes) is 1. The molecule has 4 atom stereocenters. The van der Waals surface area contributed by atoms with Gasteiger partial charge in [-0.15, -0.1) is 13.2 Å². The van der Waals surface area contributed by atoms with Crippen LogP contribution in [-0.2, 0) is 0 Å². The van der Waals surface area contributed by atoms with Crippen molar-refractivity contribution in [3.8, 4) is 16.9 Å². The van der Waals surface area contributed by atoms with Crippen LogP contribution in [0.1, 0.15) is 76.2 Å². The first-order chi connectivity index (χ1) is 16.1. The molecule has 0 amide bonds. The molecule has 0 heterocycles. The molecule has 0 radical (unpaired) electrons. The number of hydrogen-bond donors (Lipinski definition) is 0. The molecule has 0 spiro atoms. The van der Waals surface area contributed by atoms with Crippen molar-refractivity contribution in [1.82, 2.24) is 0 Å². The Morgan fingerprint density at radius 1 is 0.853 bits per heavy atom. The highest BCUT2D eigenvalue weighted by Crippen LogP contribution is 2.49. The first-order valence-electron chi connectivity index (χ1n) is 12.2. The van der Waals surface area contributed by atoms with Crippen LogP contribution in [0.15, 0.2) is 30.3 Å². The maximum Gasteiger partial charge on any atom is 0.573 e. The van der Waals surface area contributed by atoms with E-state index in [-0.39, 0.29) is 11.5 Å². The summed E-state index contributed by atoms with van der Waals surface area (Å²) in [4.78, 5) is 0. The van der Waals surface area contributed by atoms with Crippen molar-refractivity contribution in [2.45, 2.75) is 77.0 Å². The molecule has 1 unspecified atom stereocenters. The lowest BCUT2D eigenvalue weighted by molar-refractivity contribution is -0.275. The van der Waals surface area contributed by atoms with Crippen LogP contribution in [0.4, 0.5) is 26.3 Å². The zero-order valence-electron chi connectivity index (χ0n) is 19.2. The Balaban J connectivity index is 1.48. The van der Waals surface area contributed by atoms with Crippen LogP contribution < -0.4 is 4.74 Å². The van der Waals surface area contributed by atoms with Gasteiger partial charge < -0.3 is 4.74 Å². The summed E-state index contributed by atoms with van der Waals surface area (Å²) >= 11 is 0. The third-order valence-corrected chi connectivity index (χ3v) is 7.67. The Bertz CT molecular complexity index is 978. The first kappa shape index (κ1) is 24.9. The van der Waals surface area contributed by atoms with E-state index in [0.717, 1.165) is 37.3 Å². The number of alkyl halides is 3. The van der Waals surface area contributed by atoms with E-state index in [4.69, 9.17) is 0 Å². The number of rotatable bonds is 6. The summed E-state index contributed by atoms with van der Waals surface area (Å²) < 4.78 is 84.7. The Kier molecular flexibility index (Phi) is 7.48. The molecular weight excluding hydrogens is 454 g/mol. The molecule has 2 fully saturated rings. The number of fused-ring (bicyclic) bond motifs is 1. The SMILES string of the molecule is CCCCC1CC[C@@H]2C[C@H](c3cc(F)c(-c4ccc(OC(F)(F)F)c(F)c4)c(F)c3)CC[C@@H]2C1. The highest BCUT2D eigenvalue weighted by molar-refractivity contribution is 5.66. The van der Waals surface area contributed by atoms with Crippen LogP contribution in [0.2, 0.25) is 0 Å². The van der Waals surface area contributed by atoms with Crippen LogP contribution >= 0.6 is 0 Å². The monoisotopic (exact) mass is 484 g/mol. The summed E-state index contributed by atoms with van der Waals surface area (Å²) in [5.41, 5.74) is -0.0307. The van der Waals surface area contributed by atoms with Gasteiger partial charge in [0.1, 0.15) is 11.6 Å². The summed E-state index contributed by atoms with van der Waals surface area (Å²) in [6.45, 7) is 2.22. The average molecular weight is 485 g/mol. The highest BCUT2D eigenvalue weighted by Gasteiger charge is 2.36. The molecule has 0 aliphatic heterocycles. The molecule has 34 heavy (non-hydrogen) atoms. The molecule has 0 aromatic heterocycles. The lowest BCUT2D eigenvalue weighted by atomic mass is 9.63. The molecule has 0 saturated heterocycles. The molecule has 2 aromatic carbocycles. The second-order valence-electron chi connectivity index (χ2n) is 9.90. The third kappa shape index (κ3) is 5.72. The van der Waals surface area contributed by atoms with Crippen molar-refractivity contribution < 1.29 is 31.1 Å². The average Bonchev–Trinajstić information content (AvgIpc) is 2.77. The van der Waals surface area contributed by atoms with Gasteiger partial charge in [0, 0.05) is 0 Å². The van der Waals surface area contributed by atoms with E-state index in [0.29, 0.717) is 23.5 Å². The minimum atomic E-state index is -5.06. The Hall–Kier alpha value is -2.18. The summed E-state index contributed by atoms with van der Waals surface area (Å²) in [5.74, 6) is -1.92. The molecule has 186 valence electrons. The van der Waals surface area contributed by atoms with E-state index in [1.165, 1.54) is 50.7 Å². The predicted molar refractivity (Wildman–Crippen MR) is 119 cm³/mol. The largest absolute Gasteiger partial charge is 0.573 e. The van der Waals surface area contributed by atoms with E-state index < -0.39 is 35.1 Å². The van der Waals surface area contributed by atoms with E-state index in [2.05, 4.69) is 11.7 Å². The molecule has 7 heteroatoms. The Labute approximate surface area is 196 Å². The summed E-state index contributed by atoms with van der Waals surface area (Å²) in [6.07, 6.45) is 5.26. The summed E-state index contributed by atoms with van der Waals surface area (Å²) in [7, 11) is 0. The van der Waals surface area contributed by atoms with Crippen LogP contribution in [0.3, 0.4) is 0 Å². The van der Waals surface area contributed by atoms with Crippen molar-refractivity contribution in [3.05, 3.63) is 53.3 Å². The van der Waals surface area contributed by atoms with Gasteiger partial charge in [-0.3, -0.25) is 0 Å². The quantitative estimate of drug-likeness (QED) is 0.372. The van der Waals surface area contributed by atoms with Gasteiger partial charge in [-0.1, -0.05) is 38.7 Å². The van der Waals surface area contributed by atoms with Crippen molar-refractivity contribution in [3.63, 3.8) is 0 Å². The van der Waals surface area contributed by atoms with Gasteiger partial charge in [0.2, 0.25) is 0 Å². The second-order valence-corrected chi connectivity index (χ2v) is 9.90. The lowest BCUT2D eigenvalue weighted by Gasteiger charge is -2.42. The van der Waals surface area contributed by atoms with Gasteiger partial charge in [0.15, 0.2) is 11.6 Å². The number of hydrogen-bond acceptors (Lipinski definition) is 1. The first-order valence-corrected chi connectivity index (χ1v) is 12.2. The third-order valence-electron chi connectivity index (χ3n) is 7.67. The number of ether oxygens (including phenoxy) is 1. The molecule has 2 aliphatic carbocycles. The van der Waals surface area contributed by atoms with Crippen molar-refractivity contribution in [2.75, 3.05) is 0 Å². The van der Waals surface area contributed by atoms with E-state index in [9.17, 15) is 26.3 Å². The van der Waals surface area contributed by atoms with Gasteiger partial charge >= 0.3 is 6.36 Å². The maximum absolute atomic E-state index is 15.0. The molecule has 2 aliphatic rings. The molecule has 2 aromatic rings. The molecule has 1 nitrogen and oxygen atoms in total. The van der Waals surface area contributed by atoms with Gasteiger partial charge in [-0.2, -0.15) is 0 Å². The molecule has 2 saturated carbocycles.